The van der Waals surface area contributed by atoms with Crippen molar-refractivity contribution in [1.82, 2.24) is 4.90 Å². The van der Waals surface area contributed by atoms with Gasteiger partial charge in [-0.2, -0.15) is 0 Å². The minimum absolute atomic E-state index is 0.169. The van der Waals surface area contributed by atoms with Gasteiger partial charge >= 0.3 is 6.09 Å². The van der Waals surface area contributed by atoms with E-state index in [0.29, 0.717) is 13.1 Å². The number of nitrogens with two attached hydrogens (primary N) is 1. The van der Waals surface area contributed by atoms with Crippen molar-refractivity contribution in [3.05, 3.63) is 21.4 Å². The molecule has 0 aliphatic carbocycles. The Morgan fingerprint density at radius 2 is 2.26 bits per heavy atom. The van der Waals surface area contributed by atoms with Gasteiger partial charge in [-0.1, -0.05) is 0 Å². The molecule has 1 aromatic heterocycles. The average Bonchev–Trinajstić information content (AvgIpc) is 2.67. The Hall–Kier alpha value is -1.07. The van der Waals surface area contributed by atoms with Crippen LogP contribution in [-0.2, 0) is 24.2 Å². The largest absolute Gasteiger partial charge is 0.444 e. The lowest BCUT2D eigenvalue weighted by molar-refractivity contribution is 0.0142. The van der Waals surface area contributed by atoms with Gasteiger partial charge in [-0.05, 0) is 45.7 Å². The van der Waals surface area contributed by atoms with Crippen molar-refractivity contribution >= 4 is 17.4 Å². The quantitative estimate of drug-likeness (QED) is 0.861. The highest BCUT2D eigenvalue weighted by Gasteiger charge is 2.31. The van der Waals surface area contributed by atoms with Crippen LogP contribution in [0.3, 0.4) is 0 Å². The van der Waals surface area contributed by atoms with E-state index in [0.717, 1.165) is 6.42 Å². The Labute approximate surface area is 118 Å². The zero-order chi connectivity index (χ0) is 14.2. The second kappa shape index (κ2) is 5.13. The fourth-order valence-corrected chi connectivity index (χ4v) is 3.32. The molecule has 5 heteroatoms. The summed E-state index contributed by atoms with van der Waals surface area (Å²) in [6.07, 6.45) is 0.652. The first-order valence-corrected chi connectivity index (χ1v) is 7.42. The Kier molecular flexibility index (Phi) is 3.87. The molecule has 4 nitrogen and oxygen atoms in total. The van der Waals surface area contributed by atoms with Crippen molar-refractivity contribution in [2.75, 3.05) is 0 Å². The second-order valence-electron chi connectivity index (χ2n) is 6.03. The second-order valence-corrected chi connectivity index (χ2v) is 7.25. The standard InChI is InChI=1S/C14H22N2O2S/c1-9-5-10-6-11(7-15)19-12(10)8-16(9)13(17)18-14(2,3)4/h6,9H,5,7-8,15H2,1-4H3. The minimum Gasteiger partial charge on any atom is -0.444 e. The molecule has 0 fully saturated rings. The first kappa shape index (κ1) is 14.3. The summed E-state index contributed by atoms with van der Waals surface area (Å²) in [4.78, 5) is 16.4. The van der Waals surface area contributed by atoms with Gasteiger partial charge in [0, 0.05) is 22.3 Å². The van der Waals surface area contributed by atoms with E-state index in [1.807, 2.05) is 25.7 Å². The van der Waals surface area contributed by atoms with Gasteiger partial charge in [-0.25, -0.2) is 4.79 Å². The van der Waals surface area contributed by atoms with Crippen LogP contribution in [0.5, 0.6) is 0 Å². The molecule has 1 aromatic rings. The number of ether oxygens (including phenoxy) is 1. The highest BCUT2D eigenvalue weighted by atomic mass is 32.1. The summed E-state index contributed by atoms with van der Waals surface area (Å²) >= 11 is 1.70. The number of amides is 1. The average molecular weight is 282 g/mol. The number of carbonyl (C=O) groups is 1. The first-order chi connectivity index (χ1) is 8.80. The molecule has 0 aromatic carbocycles. The number of thiophene rings is 1. The highest BCUT2D eigenvalue weighted by molar-refractivity contribution is 7.12. The summed E-state index contributed by atoms with van der Waals surface area (Å²) in [6, 6.07) is 2.34. The van der Waals surface area contributed by atoms with Crippen LogP contribution in [0, 0.1) is 0 Å². The Balaban J connectivity index is 2.14. The fraction of sp³-hybridized carbons (Fsp3) is 0.643. The third-order valence-electron chi connectivity index (χ3n) is 3.14. The first-order valence-electron chi connectivity index (χ1n) is 6.60. The molecule has 0 saturated heterocycles. The maximum Gasteiger partial charge on any atom is 0.410 e. The molecule has 2 heterocycles. The summed E-state index contributed by atoms with van der Waals surface area (Å²) in [7, 11) is 0. The number of carbonyl (C=O) groups excluding carboxylic acids is 1. The fourth-order valence-electron chi connectivity index (χ4n) is 2.24. The number of nitrogens with zero attached hydrogens (tertiary/aromatic N) is 1. The molecule has 1 amide bonds. The van der Waals surface area contributed by atoms with Crippen LogP contribution < -0.4 is 5.73 Å². The highest BCUT2D eigenvalue weighted by Crippen LogP contribution is 2.31. The predicted molar refractivity (Wildman–Crippen MR) is 77.2 cm³/mol. The number of hydrogen-bond donors (Lipinski definition) is 1. The topological polar surface area (TPSA) is 55.6 Å². The van der Waals surface area contributed by atoms with E-state index >= 15 is 0 Å². The molecular weight excluding hydrogens is 260 g/mol. The molecule has 0 bridgehead atoms. The summed E-state index contributed by atoms with van der Waals surface area (Å²) in [6.45, 7) is 8.94. The van der Waals surface area contributed by atoms with E-state index in [2.05, 4.69) is 13.0 Å². The van der Waals surface area contributed by atoms with E-state index in [-0.39, 0.29) is 12.1 Å². The van der Waals surface area contributed by atoms with Crippen molar-refractivity contribution in [1.29, 1.82) is 0 Å². The van der Waals surface area contributed by atoms with Crippen molar-refractivity contribution in [2.45, 2.75) is 58.8 Å². The van der Waals surface area contributed by atoms with Gasteiger partial charge in [0.15, 0.2) is 0 Å². The van der Waals surface area contributed by atoms with Crippen LogP contribution in [0.2, 0.25) is 0 Å². The molecule has 1 atom stereocenters. The van der Waals surface area contributed by atoms with Gasteiger partial charge in [0.1, 0.15) is 5.60 Å². The van der Waals surface area contributed by atoms with Crippen LogP contribution in [0.1, 0.15) is 43.0 Å². The van der Waals surface area contributed by atoms with E-state index in [1.165, 1.54) is 15.3 Å². The lowest BCUT2D eigenvalue weighted by Crippen LogP contribution is -2.44. The maximum atomic E-state index is 12.2. The van der Waals surface area contributed by atoms with Crippen LogP contribution in [0.25, 0.3) is 0 Å². The molecule has 106 valence electrons. The van der Waals surface area contributed by atoms with Crippen LogP contribution >= 0.6 is 11.3 Å². The molecule has 2 rings (SSSR count). The van der Waals surface area contributed by atoms with Crippen LogP contribution in [0.15, 0.2) is 6.07 Å². The monoisotopic (exact) mass is 282 g/mol. The predicted octanol–water partition coefficient (Wildman–Crippen LogP) is 2.89. The van der Waals surface area contributed by atoms with E-state index in [9.17, 15) is 4.79 Å². The van der Waals surface area contributed by atoms with Gasteiger partial charge in [0.2, 0.25) is 0 Å². The molecular formula is C14H22N2O2S. The molecule has 1 unspecified atom stereocenters. The van der Waals surface area contributed by atoms with Gasteiger partial charge in [0.25, 0.3) is 0 Å². The summed E-state index contributed by atoms with van der Waals surface area (Å²) in [5.41, 5.74) is 6.56. The maximum absolute atomic E-state index is 12.2. The van der Waals surface area contributed by atoms with Crippen LogP contribution in [0.4, 0.5) is 4.79 Å². The van der Waals surface area contributed by atoms with E-state index < -0.39 is 5.60 Å². The summed E-state index contributed by atoms with van der Waals surface area (Å²) in [5.74, 6) is 0. The molecule has 19 heavy (non-hydrogen) atoms. The minimum atomic E-state index is -0.449. The van der Waals surface area contributed by atoms with Gasteiger partial charge in [-0.3, -0.25) is 0 Å². The van der Waals surface area contributed by atoms with Crippen molar-refractivity contribution in [2.24, 2.45) is 5.73 Å². The van der Waals surface area contributed by atoms with Crippen LogP contribution in [-0.4, -0.2) is 22.6 Å². The third-order valence-corrected chi connectivity index (χ3v) is 4.32. The van der Waals surface area contributed by atoms with Gasteiger partial charge in [0.05, 0.1) is 6.54 Å². The molecule has 2 N–H and O–H groups in total. The Bertz CT molecular complexity index is 476. The zero-order valence-corrected chi connectivity index (χ0v) is 12.8. The van der Waals surface area contributed by atoms with Crippen molar-refractivity contribution in [3.8, 4) is 0 Å². The lowest BCUT2D eigenvalue weighted by atomic mass is 10.0. The normalized spacial score (nSPS) is 19.2. The summed E-state index contributed by atoms with van der Waals surface area (Å²) in [5, 5.41) is 0. The Morgan fingerprint density at radius 1 is 1.58 bits per heavy atom. The molecule has 0 radical (unpaired) electrons. The zero-order valence-electron chi connectivity index (χ0n) is 12.0. The number of fused-ring (bicyclic) bond motifs is 1. The number of rotatable bonds is 1. The van der Waals surface area contributed by atoms with Crippen molar-refractivity contribution < 1.29 is 9.53 Å². The van der Waals surface area contributed by atoms with E-state index in [1.54, 1.807) is 11.3 Å². The molecule has 1 aliphatic heterocycles. The lowest BCUT2D eigenvalue weighted by Gasteiger charge is -2.34. The Morgan fingerprint density at radius 3 is 2.84 bits per heavy atom. The van der Waals surface area contributed by atoms with Gasteiger partial charge < -0.3 is 15.4 Å². The van der Waals surface area contributed by atoms with Gasteiger partial charge in [-0.15, -0.1) is 11.3 Å². The number of hydrogen-bond acceptors (Lipinski definition) is 4. The molecule has 0 saturated carbocycles. The smallest absolute Gasteiger partial charge is 0.410 e. The molecule has 0 spiro atoms. The summed E-state index contributed by atoms with van der Waals surface area (Å²) < 4.78 is 5.46. The van der Waals surface area contributed by atoms with E-state index in [4.69, 9.17) is 10.5 Å². The van der Waals surface area contributed by atoms with Crippen molar-refractivity contribution in [3.63, 3.8) is 0 Å². The third kappa shape index (κ3) is 3.28. The SMILES string of the molecule is CC1Cc2cc(CN)sc2CN1C(=O)OC(C)(C)C. The molecule has 1 aliphatic rings.